The second-order valence-electron chi connectivity index (χ2n) is 5.76. The van der Waals surface area contributed by atoms with E-state index in [-0.39, 0.29) is 31.2 Å². The van der Waals surface area contributed by atoms with E-state index in [0.717, 1.165) is 4.90 Å². The van der Waals surface area contributed by atoms with Gasteiger partial charge in [-0.3, -0.25) is 9.69 Å². The molecule has 2 atom stereocenters. The van der Waals surface area contributed by atoms with Crippen LogP contribution in [0, 0.1) is 10.1 Å². The Bertz CT molecular complexity index is 710. The van der Waals surface area contributed by atoms with Gasteiger partial charge in [-0.05, 0) is 35.7 Å². The first kappa shape index (κ1) is 20.6. The first-order chi connectivity index (χ1) is 12.9. The predicted octanol–water partition coefficient (Wildman–Crippen LogP) is 1.85. The summed E-state index contributed by atoms with van der Waals surface area (Å²) in [6.45, 7) is 6.10. The number of carbonyl (C=O) groups excluding carboxylic acids is 2. The highest BCUT2D eigenvalue weighted by molar-refractivity contribution is 6.03. The minimum atomic E-state index is -0.967. The minimum Gasteiger partial charge on any atom is -0.474 e. The quantitative estimate of drug-likeness (QED) is 0.275. The molecule has 2 rings (SSSR count). The van der Waals surface area contributed by atoms with E-state index in [2.05, 4.69) is 4.98 Å². The Balaban J connectivity index is 2.36. The topological polar surface area (TPSA) is 121 Å². The molecule has 0 N–H and O–H groups in total. The van der Waals surface area contributed by atoms with Gasteiger partial charge in [0, 0.05) is 12.7 Å². The van der Waals surface area contributed by atoms with E-state index in [1.165, 1.54) is 12.1 Å². The van der Waals surface area contributed by atoms with Crippen LogP contribution in [-0.2, 0) is 19.1 Å². The lowest BCUT2D eigenvalue weighted by Gasteiger charge is -2.34. The molecule has 0 aliphatic carbocycles. The zero-order chi connectivity index (χ0) is 20.0. The molecule has 0 bridgehead atoms. The van der Waals surface area contributed by atoms with Crippen molar-refractivity contribution in [2.75, 3.05) is 24.7 Å². The average molecular weight is 381 g/mol. The third-order valence-electron chi connectivity index (χ3n) is 4.04. The van der Waals surface area contributed by atoms with Gasteiger partial charge in [0.2, 0.25) is 0 Å². The van der Waals surface area contributed by atoms with Crippen molar-refractivity contribution in [1.29, 1.82) is 0 Å². The van der Waals surface area contributed by atoms with Crippen LogP contribution < -0.4 is 9.64 Å². The Morgan fingerprint density at radius 2 is 2.11 bits per heavy atom. The van der Waals surface area contributed by atoms with Crippen molar-refractivity contribution in [1.82, 2.24) is 4.98 Å². The Morgan fingerprint density at radius 3 is 2.70 bits per heavy atom. The van der Waals surface area contributed by atoms with Crippen molar-refractivity contribution in [3.8, 4) is 5.75 Å². The van der Waals surface area contributed by atoms with Gasteiger partial charge in [0.25, 0.3) is 11.7 Å². The highest BCUT2D eigenvalue weighted by Crippen LogP contribution is 2.36. The van der Waals surface area contributed by atoms with E-state index < -0.39 is 34.8 Å². The highest BCUT2D eigenvalue weighted by atomic mass is 16.6. The molecular weight excluding hydrogens is 358 g/mol. The average Bonchev–Trinajstić information content (AvgIpc) is 2.66. The normalized spacial score (nSPS) is 17.1. The molecule has 2 heterocycles. The van der Waals surface area contributed by atoms with E-state index in [9.17, 15) is 19.7 Å². The molecule has 27 heavy (non-hydrogen) atoms. The molecule has 1 aliphatic rings. The van der Waals surface area contributed by atoms with Gasteiger partial charge < -0.3 is 24.3 Å². The second kappa shape index (κ2) is 9.26. The Hall–Kier alpha value is -2.75. The summed E-state index contributed by atoms with van der Waals surface area (Å²) in [4.78, 5) is 40.8. The second-order valence-corrected chi connectivity index (χ2v) is 5.76. The molecule has 2 unspecified atom stereocenters. The summed E-state index contributed by atoms with van der Waals surface area (Å²) in [6.07, 6.45) is -0.174. The number of aromatic nitrogens is 1. The fourth-order valence-electron chi connectivity index (χ4n) is 2.71. The predicted molar refractivity (Wildman–Crippen MR) is 94.6 cm³/mol. The minimum absolute atomic E-state index is 0.0486. The van der Waals surface area contributed by atoms with Crippen LogP contribution in [0.15, 0.2) is 12.1 Å². The molecule has 0 saturated heterocycles. The van der Waals surface area contributed by atoms with E-state index in [4.69, 9.17) is 14.2 Å². The van der Waals surface area contributed by atoms with E-state index in [0.29, 0.717) is 13.0 Å². The summed E-state index contributed by atoms with van der Waals surface area (Å²) < 4.78 is 15.9. The van der Waals surface area contributed by atoms with E-state index in [1.807, 2.05) is 6.92 Å². The zero-order valence-electron chi connectivity index (χ0n) is 15.5. The summed E-state index contributed by atoms with van der Waals surface area (Å²) in [5, 5.41) is 11.1. The summed E-state index contributed by atoms with van der Waals surface area (Å²) in [7, 11) is 0. The van der Waals surface area contributed by atoms with Crippen molar-refractivity contribution in [3.63, 3.8) is 0 Å². The fourth-order valence-corrected chi connectivity index (χ4v) is 2.71. The van der Waals surface area contributed by atoms with Gasteiger partial charge in [-0.2, -0.15) is 0 Å². The molecule has 0 radical (unpaired) electrons. The van der Waals surface area contributed by atoms with Crippen molar-refractivity contribution in [2.24, 2.45) is 0 Å². The SMILES string of the molecule is CCOCCOC(=O)C(CC)N1C(=O)C(CC)Oc2ccc([N+](=O)[O-])nc21. The number of rotatable bonds is 9. The lowest BCUT2D eigenvalue weighted by Crippen LogP contribution is -2.54. The number of amides is 1. The van der Waals surface area contributed by atoms with Crippen LogP contribution in [0.1, 0.15) is 33.6 Å². The Kier molecular flexibility index (Phi) is 7.05. The van der Waals surface area contributed by atoms with Gasteiger partial charge in [0.15, 0.2) is 11.9 Å². The largest absolute Gasteiger partial charge is 0.474 e. The molecule has 10 nitrogen and oxygen atoms in total. The Labute approximate surface area is 156 Å². The third-order valence-corrected chi connectivity index (χ3v) is 4.04. The number of nitrogens with zero attached hydrogens (tertiary/aromatic N) is 3. The number of carbonyl (C=O) groups is 2. The zero-order valence-corrected chi connectivity index (χ0v) is 15.5. The van der Waals surface area contributed by atoms with Crippen LogP contribution in [0.3, 0.4) is 0 Å². The first-order valence-electron chi connectivity index (χ1n) is 8.84. The number of nitro groups is 1. The maximum absolute atomic E-state index is 12.8. The van der Waals surface area contributed by atoms with Crippen LogP contribution in [0.4, 0.5) is 11.6 Å². The number of esters is 1. The van der Waals surface area contributed by atoms with Gasteiger partial charge in [0.05, 0.1) is 6.61 Å². The number of ether oxygens (including phenoxy) is 3. The monoisotopic (exact) mass is 381 g/mol. The molecule has 0 spiro atoms. The van der Waals surface area contributed by atoms with E-state index in [1.54, 1.807) is 13.8 Å². The van der Waals surface area contributed by atoms with Crippen molar-refractivity contribution >= 4 is 23.5 Å². The molecule has 0 fully saturated rings. The van der Waals surface area contributed by atoms with Gasteiger partial charge in [-0.1, -0.05) is 13.8 Å². The van der Waals surface area contributed by atoms with Crippen molar-refractivity contribution < 1.29 is 28.7 Å². The molecule has 0 aromatic carbocycles. The van der Waals surface area contributed by atoms with Crippen LogP contribution in [0.2, 0.25) is 0 Å². The summed E-state index contributed by atoms with van der Waals surface area (Å²) >= 11 is 0. The van der Waals surface area contributed by atoms with Crippen LogP contribution >= 0.6 is 0 Å². The molecule has 1 aromatic rings. The highest BCUT2D eigenvalue weighted by Gasteiger charge is 2.44. The fraction of sp³-hybridized carbons (Fsp3) is 0.588. The number of pyridine rings is 1. The van der Waals surface area contributed by atoms with Crippen molar-refractivity contribution in [3.05, 3.63) is 22.2 Å². The molecule has 1 aromatic heterocycles. The first-order valence-corrected chi connectivity index (χ1v) is 8.84. The Morgan fingerprint density at radius 1 is 1.37 bits per heavy atom. The summed E-state index contributed by atoms with van der Waals surface area (Å²) in [6, 6.07) is 1.61. The number of anilines is 1. The van der Waals surface area contributed by atoms with Gasteiger partial charge in [-0.25, -0.2) is 4.79 Å². The molecule has 0 saturated carbocycles. The van der Waals surface area contributed by atoms with E-state index >= 15 is 0 Å². The maximum atomic E-state index is 12.8. The van der Waals surface area contributed by atoms with Crippen LogP contribution in [0.25, 0.3) is 0 Å². The molecule has 10 heteroatoms. The van der Waals surface area contributed by atoms with Gasteiger partial charge in [0.1, 0.15) is 12.6 Å². The lowest BCUT2D eigenvalue weighted by atomic mass is 10.1. The lowest BCUT2D eigenvalue weighted by molar-refractivity contribution is -0.389. The van der Waals surface area contributed by atoms with Crippen LogP contribution in [0.5, 0.6) is 5.75 Å². The van der Waals surface area contributed by atoms with Gasteiger partial charge in [-0.15, -0.1) is 0 Å². The standard InChI is InChI=1S/C17H23N3O7/c1-4-11(17(22)26-10-9-25-6-3)19-15-13(27-12(5-2)16(19)21)7-8-14(18-15)20(23)24/h7-8,11-12H,4-6,9-10H2,1-3H3. The number of hydrogen-bond acceptors (Lipinski definition) is 8. The summed E-state index contributed by atoms with van der Waals surface area (Å²) in [5.41, 5.74) is 0. The van der Waals surface area contributed by atoms with Gasteiger partial charge >= 0.3 is 11.8 Å². The van der Waals surface area contributed by atoms with Crippen LogP contribution in [-0.4, -0.2) is 53.8 Å². The molecular formula is C17H23N3O7. The number of hydrogen-bond donors (Lipinski definition) is 0. The summed E-state index contributed by atoms with van der Waals surface area (Å²) in [5.74, 6) is -1.38. The molecule has 148 valence electrons. The smallest absolute Gasteiger partial charge is 0.366 e. The third kappa shape index (κ3) is 4.51. The maximum Gasteiger partial charge on any atom is 0.366 e. The van der Waals surface area contributed by atoms with Crippen molar-refractivity contribution in [2.45, 2.75) is 45.8 Å². The molecule has 1 amide bonds. The molecule has 1 aliphatic heterocycles. The number of fused-ring (bicyclic) bond motifs is 1.